The lowest BCUT2D eigenvalue weighted by molar-refractivity contribution is -0.385. The number of benzene rings is 4. The van der Waals surface area contributed by atoms with Crippen molar-refractivity contribution in [3.63, 3.8) is 0 Å². The Morgan fingerprint density at radius 1 is 0.549 bits per heavy atom. The number of allylic oxidation sites excluding steroid dienone is 5. The third-order valence-corrected chi connectivity index (χ3v) is 8.08. The van der Waals surface area contributed by atoms with Crippen LogP contribution in [0, 0.1) is 10.1 Å². The van der Waals surface area contributed by atoms with Crippen molar-refractivity contribution in [1.82, 2.24) is 9.97 Å². The van der Waals surface area contributed by atoms with Crippen molar-refractivity contribution in [3.05, 3.63) is 229 Å². The lowest BCUT2D eigenvalue weighted by atomic mass is 9.95. The maximum absolute atomic E-state index is 13.7. The monoisotopic (exact) mass is 679 g/mol. The zero-order valence-electron chi connectivity index (χ0n) is 45.7. The van der Waals surface area contributed by atoms with E-state index in [1.54, 1.807) is 0 Å². The Bertz CT molecular complexity index is 3740. The molecule has 0 amide bonds. The fourth-order valence-corrected chi connectivity index (χ4v) is 6.04. The van der Waals surface area contributed by atoms with Gasteiger partial charge in [0.15, 0.2) is 0 Å². The first-order valence-corrected chi connectivity index (χ1v) is 15.0. The molecule has 51 heavy (non-hydrogen) atoms. The molecule has 0 unspecified atom stereocenters. The van der Waals surface area contributed by atoms with Crippen LogP contribution >= 0.6 is 0 Å². The molecule has 0 saturated heterocycles. The molecule has 6 aromatic rings. The number of hydrogen-bond acceptors (Lipinski definition) is 4. The van der Waals surface area contributed by atoms with Crippen LogP contribution in [0.5, 0.6) is 0 Å². The van der Waals surface area contributed by atoms with Gasteiger partial charge in [0.2, 0.25) is 0 Å². The van der Waals surface area contributed by atoms with Crippen LogP contribution < -0.4 is 10.7 Å². The molecule has 5 heterocycles. The Labute approximate surface area is 321 Å². The second-order valence-electron chi connectivity index (χ2n) is 10.9. The van der Waals surface area contributed by atoms with Crippen LogP contribution in [0.3, 0.4) is 0 Å². The Balaban J connectivity index is 1.59. The largest absolute Gasteiger partial charge is 0.355 e. The molecular weight excluding hydrogens is 631 g/mol. The molecule has 7 nitrogen and oxygen atoms in total. The highest BCUT2D eigenvalue weighted by atomic mass is 16.6. The predicted octanol–water partition coefficient (Wildman–Crippen LogP) is 7.90. The van der Waals surface area contributed by atoms with Gasteiger partial charge in [0, 0.05) is 39.2 Å². The summed E-state index contributed by atoms with van der Waals surface area (Å²) >= 11 is 0. The first-order chi connectivity index (χ1) is 33.4. The van der Waals surface area contributed by atoms with Crippen LogP contribution in [0.2, 0.25) is 0 Å². The molecule has 7 heteroatoms. The minimum atomic E-state index is -0.924. The zero-order chi connectivity index (χ0) is 51.7. The number of rotatable bonds is 5. The second kappa shape index (κ2) is 12.4. The molecule has 8 bridgehead atoms. The fourth-order valence-electron chi connectivity index (χ4n) is 6.04. The van der Waals surface area contributed by atoms with E-state index in [1.165, 1.54) is 36.4 Å². The van der Waals surface area contributed by atoms with Crippen molar-refractivity contribution < 1.29 is 32.3 Å². The molecule has 0 spiro atoms. The summed E-state index contributed by atoms with van der Waals surface area (Å²) in [6.07, 6.45) is 6.22. The first-order valence-electron chi connectivity index (χ1n) is 25.0. The Morgan fingerprint density at radius 2 is 0.980 bits per heavy atom. The number of nitrogens with zero attached hydrogens (tertiary/aromatic N) is 3. The number of nitrogens with one attached hydrogen (secondary N) is 2. The van der Waals surface area contributed by atoms with Crippen molar-refractivity contribution in [2.24, 2.45) is 9.98 Å². The van der Waals surface area contributed by atoms with E-state index in [0.717, 1.165) is 6.20 Å². The number of aromatic nitrogens is 2. The summed E-state index contributed by atoms with van der Waals surface area (Å²) in [5.74, 6) is 0. The van der Waals surface area contributed by atoms with Crippen LogP contribution in [0.15, 0.2) is 185 Å². The average molecular weight is 680 g/mol. The normalized spacial score (nSPS) is 20.5. The van der Waals surface area contributed by atoms with Gasteiger partial charge in [-0.05, 0) is 58.7 Å². The Hall–Kier alpha value is -7.12. The smallest absolute Gasteiger partial charge is 0.302 e. The molecule has 4 aromatic carbocycles. The van der Waals surface area contributed by atoms with Crippen LogP contribution in [-0.2, 0) is 0 Å². The van der Waals surface area contributed by atoms with Crippen molar-refractivity contribution >= 4 is 39.4 Å². The first kappa shape index (κ1) is 15.6. The van der Waals surface area contributed by atoms with E-state index in [0.29, 0.717) is 0 Å². The highest BCUT2D eigenvalue weighted by Crippen LogP contribution is 2.41. The maximum Gasteiger partial charge on any atom is 0.302 e. The number of nitro groups is 1. The second-order valence-corrected chi connectivity index (χ2v) is 10.9. The zero-order valence-corrected chi connectivity index (χ0v) is 25.7. The highest BCUT2D eigenvalue weighted by Gasteiger charge is 2.31. The van der Waals surface area contributed by atoms with Gasteiger partial charge in [-0.2, -0.15) is 0 Å². The van der Waals surface area contributed by atoms with E-state index in [2.05, 4.69) is 9.97 Å². The van der Waals surface area contributed by atoms with E-state index >= 15 is 0 Å². The van der Waals surface area contributed by atoms with Gasteiger partial charge in [0.05, 0.1) is 60.7 Å². The van der Waals surface area contributed by atoms with Gasteiger partial charge >= 0.3 is 5.69 Å². The van der Waals surface area contributed by atoms with Crippen molar-refractivity contribution in [2.75, 3.05) is 0 Å². The van der Waals surface area contributed by atoms with Gasteiger partial charge < -0.3 is 9.97 Å². The molecular formula is C44H29N5O2. The van der Waals surface area contributed by atoms with Gasteiger partial charge in [-0.15, -0.1) is 0 Å². The molecule has 9 rings (SSSR count). The number of hydrogen-bond donors (Lipinski definition) is 2. The van der Waals surface area contributed by atoms with Gasteiger partial charge in [-0.1, -0.05) is 121 Å². The average Bonchev–Trinajstić information content (AvgIpc) is 4.20. The number of aromatic amines is 2. The third kappa shape index (κ3) is 5.25. The van der Waals surface area contributed by atoms with Gasteiger partial charge in [-0.3, -0.25) is 10.1 Å². The molecule has 3 aliphatic rings. The summed E-state index contributed by atoms with van der Waals surface area (Å²) in [5, 5.41) is 13.4. The Kier molecular flexibility index (Phi) is 3.80. The van der Waals surface area contributed by atoms with Crippen molar-refractivity contribution in [3.8, 4) is 0 Å². The van der Waals surface area contributed by atoms with E-state index in [4.69, 9.17) is 37.4 Å². The van der Waals surface area contributed by atoms with Crippen LogP contribution in [0.25, 0.3) is 22.3 Å². The third-order valence-electron chi connectivity index (χ3n) is 8.08. The summed E-state index contributed by atoms with van der Waals surface area (Å²) in [6.45, 7) is 0. The topological polar surface area (TPSA) is 99.4 Å². The highest BCUT2D eigenvalue weighted by molar-refractivity contribution is 6.35. The van der Waals surface area contributed by atoms with Crippen LogP contribution in [0.1, 0.15) is 60.9 Å². The molecule has 3 aliphatic heterocycles. The Morgan fingerprint density at radius 3 is 1.51 bits per heavy atom. The maximum atomic E-state index is 13.7. The molecule has 0 atom stereocenters. The molecule has 242 valence electrons. The van der Waals surface area contributed by atoms with Crippen molar-refractivity contribution in [1.29, 1.82) is 0 Å². The lowest BCUT2D eigenvalue weighted by Crippen LogP contribution is -2.19. The quantitative estimate of drug-likeness (QED) is 0.143. The summed E-state index contributed by atoms with van der Waals surface area (Å²) in [4.78, 5) is 28.2. The summed E-state index contributed by atoms with van der Waals surface area (Å²) in [6, 6.07) is -13.1. The summed E-state index contributed by atoms with van der Waals surface area (Å²) in [5.41, 5.74) is -6.28. The van der Waals surface area contributed by atoms with Gasteiger partial charge in [0.1, 0.15) is 5.69 Å². The molecule has 0 aliphatic carbocycles. The SMILES string of the molecule is [2H]c1c([2H])c([2H])c(C2=C3C=CC(=N3)C(c3c([2H])c([2H])c([2H])c([2H])c3[2H])=c3ccc([nH]3)=C(c3c([2H])c([2H])c([2H])c([2H])c3[2H])c3c[nH]c(c3[N+](=O)[O-])C(c3c([2H])c([2H])c([2H])c([2H])c3[2H])=C3C=CC2=N3)c([2H])c1[2H]. The van der Waals surface area contributed by atoms with Crippen LogP contribution in [-0.4, -0.2) is 26.3 Å². The molecule has 2 aromatic heterocycles. The van der Waals surface area contributed by atoms with E-state index in [1.807, 2.05) is 0 Å². The van der Waals surface area contributed by atoms with Crippen LogP contribution in [0.4, 0.5) is 5.69 Å². The van der Waals surface area contributed by atoms with Gasteiger partial charge in [-0.25, -0.2) is 9.98 Å². The van der Waals surface area contributed by atoms with E-state index < -0.39 is 176 Å². The minimum Gasteiger partial charge on any atom is -0.355 e. The number of fused-ring (bicyclic) bond motifs is 6. The van der Waals surface area contributed by atoms with E-state index in [-0.39, 0.29) is 44.7 Å². The summed E-state index contributed by atoms with van der Waals surface area (Å²) in [7, 11) is 0. The minimum absolute atomic E-state index is 0.108. The standard InChI is InChI=1S/C44H29N5O2/c50-49(51)44-32-27-45-43(44)42(31-19-11-4-12-20-31)38-26-25-37(48-38)41(30-17-9-3-10-18-30)36-24-23-35(47-36)40(29-15-7-2-8-16-29)34-22-21-33(46-34)39(32)28-13-5-1-6-14-28/h1-27,45-46H/i1D,2D,3D,4D,5D,6D,7D,8D,9D,10D,11D,12D,13D,14D,15D,16D,17D,18D,19D,20D. The fraction of sp³-hybridized carbons (Fsp3) is 0. The molecule has 0 radical (unpaired) electrons. The number of H-pyrrole nitrogens is 2. The molecule has 0 saturated carbocycles. The summed E-state index contributed by atoms with van der Waals surface area (Å²) < 4.78 is 174. The van der Waals surface area contributed by atoms with E-state index in [9.17, 15) is 10.1 Å². The predicted molar refractivity (Wildman–Crippen MR) is 203 cm³/mol. The molecule has 2 N–H and O–H groups in total. The van der Waals surface area contributed by atoms with Gasteiger partial charge in [0.25, 0.3) is 0 Å². The van der Waals surface area contributed by atoms with Crippen molar-refractivity contribution in [2.45, 2.75) is 0 Å². The lowest BCUT2D eigenvalue weighted by Gasteiger charge is -2.11. The number of aliphatic imine (C=N–C) groups is 2. The molecule has 0 fully saturated rings.